The largest absolute Gasteiger partial charge is 0.468 e. The smallest absolute Gasteiger partial charge is 0.422 e. The van der Waals surface area contributed by atoms with Gasteiger partial charge in [0.15, 0.2) is 6.61 Å². The Kier molecular flexibility index (Phi) is 5.37. The number of hydrogen-bond donors (Lipinski definition) is 1. The molecule has 0 aliphatic heterocycles. The van der Waals surface area contributed by atoms with E-state index in [-0.39, 0.29) is 18.3 Å². The molecule has 0 amide bonds. The minimum atomic E-state index is -4.34. The van der Waals surface area contributed by atoms with Gasteiger partial charge in [0.05, 0.1) is 11.9 Å². The molecule has 0 saturated heterocycles. The van der Waals surface area contributed by atoms with E-state index >= 15 is 0 Å². The summed E-state index contributed by atoms with van der Waals surface area (Å²) in [5.74, 6) is -0.0242. The standard InChI is InChI=1S/C9H11F3N2O.ClH/c1-6-3-8(14-4-7(6)13-2)15-5-9(10,11)12;/h3-4,13H,5H2,1-2H3;1H. The fourth-order valence-electron chi connectivity index (χ4n) is 1.03. The first-order valence-electron chi connectivity index (χ1n) is 4.26. The Hall–Kier alpha value is -1.17. The van der Waals surface area contributed by atoms with E-state index in [9.17, 15) is 13.2 Å². The highest BCUT2D eigenvalue weighted by atomic mass is 35.5. The second-order valence-electron chi connectivity index (χ2n) is 2.99. The summed E-state index contributed by atoms with van der Waals surface area (Å²) in [5.41, 5.74) is 1.54. The third-order valence-electron chi connectivity index (χ3n) is 1.74. The highest BCUT2D eigenvalue weighted by Crippen LogP contribution is 2.20. The van der Waals surface area contributed by atoms with Gasteiger partial charge < -0.3 is 10.1 Å². The molecule has 7 heteroatoms. The van der Waals surface area contributed by atoms with Gasteiger partial charge in [0.25, 0.3) is 0 Å². The van der Waals surface area contributed by atoms with Crippen molar-refractivity contribution in [3.8, 4) is 5.88 Å². The molecule has 1 N–H and O–H groups in total. The summed E-state index contributed by atoms with van der Waals surface area (Å²) in [4.78, 5) is 3.73. The van der Waals surface area contributed by atoms with E-state index in [0.29, 0.717) is 0 Å². The molecule has 0 unspecified atom stereocenters. The van der Waals surface area contributed by atoms with Gasteiger partial charge in [-0.3, -0.25) is 0 Å². The quantitative estimate of drug-likeness (QED) is 0.903. The molecule has 0 saturated carbocycles. The average molecular weight is 257 g/mol. The molecule has 0 atom stereocenters. The van der Waals surface area contributed by atoms with Crippen molar-refractivity contribution in [2.24, 2.45) is 0 Å². The van der Waals surface area contributed by atoms with Crippen molar-refractivity contribution < 1.29 is 17.9 Å². The maximum absolute atomic E-state index is 11.8. The fourth-order valence-corrected chi connectivity index (χ4v) is 1.03. The minimum absolute atomic E-state index is 0. The van der Waals surface area contributed by atoms with Gasteiger partial charge in [0.1, 0.15) is 0 Å². The number of nitrogens with zero attached hydrogens (tertiary/aromatic N) is 1. The number of halogens is 4. The van der Waals surface area contributed by atoms with Crippen molar-refractivity contribution in [1.82, 2.24) is 4.98 Å². The lowest BCUT2D eigenvalue weighted by Crippen LogP contribution is -2.19. The summed E-state index contributed by atoms with van der Waals surface area (Å²) < 4.78 is 40.0. The summed E-state index contributed by atoms with van der Waals surface area (Å²) in [6.45, 7) is 0.437. The molecule has 0 aromatic carbocycles. The Morgan fingerprint density at radius 3 is 2.50 bits per heavy atom. The van der Waals surface area contributed by atoms with E-state index in [2.05, 4.69) is 15.0 Å². The summed E-state index contributed by atoms with van der Waals surface area (Å²) in [7, 11) is 1.71. The van der Waals surface area contributed by atoms with Gasteiger partial charge in [-0.05, 0) is 12.5 Å². The first kappa shape index (κ1) is 14.8. The van der Waals surface area contributed by atoms with Crippen LogP contribution < -0.4 is 10.1 Å². The van der Waals surface area contributed by atoms with Gasteiger partial charge in [0, 0.05) is 13.1 Å². The number of rotatable bonds is 3. The van der Waals surface area contributed by atoms with E-state index in [0.717, 1.165) is 11.3 Å². The number of hydrogen-bond acceptors (Lipinski definition) is 3. The number of aryl methyl sites for hydroxylation is 1. The maximum atomic E-state index is 11.8. The van der Waals surface area contributed by atoms with E-state index in [1.807, 2.05) is 0 Å². The maximum Gasteiger partial charge on any atom is 0.422 e. The zero-order valence-electron chi connectivity index (χ0n) is 8.76. The van der Waals surface area contributed by atoms with Crippen molar-refractivity contribution in [2.75, 3.05) is 19.0 Å². The molecule has 0 bridgehead atoms. The second-order valence-corrected chi connectivity index (χ2v) is 2.99. The molecule has 1 aromatic rings. The van der Waals surface area contributed by atoms with Crippen LogP contribution in [0, 0.1) is 6.92 Å². The van der Waals surface area contributed by atoms with Crippen molar-refractivity contribution in [3.05, 3.63) is 17.8 Å². The molecule has 0 spiro atoms. The number of anilines is 1. The summed E-state index contributed by atoms with van der Waals surface area (Å²) >= 11 is 0. The van der Waals surface area contributed by atoms with Crippen LogP contribution in [0.4, 0.5) is 18.9 Å². The Balaban J connectivity index is 0.00000225. The van der Waals surface area contributed by atoms with Crippen LogP contribution in [-0.4, -0.2) is 24.8 Å². The number of ether oxygens (including phenoxy) is 1. The lowest BCUT2D eigenvalue weighted by atomic mass is 10.2. The predicted molar refractivity (Wildman–Crippen MR) is 57.3 cm³/mol. The van der Waals surface area contributed by atoms with Gasteiger partial charge in [-0.25, -0.2) is 4.98 Å². The van der Waals surface area contributed by atoms with Gasteiger partial charge >= 0.3 is 6.18 Å². The summed E-state index contributed by atoms with van der Waals surface area (Å²) in [5, 5.41) is 2.85. The van der Waals surface area contributed by atoms with Crippen molar-refractivity contribution in [1.29, 1.82) is 0 Å². The Bertz CT molecular complexity index is 344. The molecule has 0 fully saturated rings. The molecule has 1 rings (SSSR count). The van der Waals surface area contributed by atoms with E-state index in [1.54, 1.807) is 14.0 Å². The number of alkyl halides is 3. The third-order valence-corrected chi connectivity index (χ3v) is 1.74. The lowest BCUT2D eigenvalue weighted by Gasteiger charge is -2.10. The van der Waals surface area contributed by atoms with Crippen LogP contribution in [-0.2, 0) is 0 Å². The highest BCUT2D eigenvalue weighted by molar-refractivity contribution is 5.85. The van der Waals surface area contributed by atoms with Gasteiger partial charge in [-0.1, -0.05) is 0 Å². The van der Waals surface area contributed by atoms with Crippen LogP contribution in [0.25, 0.3) is 0 Å². The second kappa shape index (κ2) is 5.79. The Morgan fingerprint density at radius 1 is 1.44 bits per heavy atom. The van der Waals surface area contributed by atoms with E-state index in [4.69, 9.17) is 0 Å². The molecular formula is C9H12ClF3N2O. The molecule has 92 valence electrons. The molecule has 1 heterocycles. The molecule has 0 aliphatic carbocycles. The monoisotopic (exact) mass is 256 g/mol. The minimum Gasteiger partial charge on any atom is -0.468 e. The molecule has 0 aliphatic rings. The van der Waals surface area contributed by atoms with Gasteiger partial charge in [-0.2, -0.15) is 13.2 Å². The summed E-state index contributed by atoms with van der Waals surface area (Å²) in [6, 6.07) is 1.46. The predicted octanol–water partition coefficient (Wildman–Crippen LogP) is 2.79. The third kappa shape index (κ3) is 4.57. The van der Waals surface area contributed by atoms with Crippen LogP contribution >= 0.6 is 12.4 Å². The van der Waals surface area contributed by atoms with Crippen molar-refractivity contribution >= 4 is 18.1 Å². The normalized spacial score (nSPS) is 10.6. The lowest BCUT2D eigenvalue weighted by molar-refractivity contribution is -0.154. The zero-order chi connectivity index (χ0) is 11.5. The number of pyridine rings is 1. The van der Waals surface area contributed by atoms with Crippen LogP contribution in [0.15, 0.2) is 12.3 Å². The first-order chi connectivity index (χ1) is 6.92. The number of aromatic nitrogens is 1. The van der Waals surface area contributed by atoms with E-state index < -0.39 is 12.8 Å². The molecule has 16 heavy (non-hydrogen) atoms. The molecule has 1 aromatic heterocycles. The van der Waals surface area contributed by atoms with Crippen LogP contribution in [0.2, 0.25) is 0 Å². The van der Waals surface area contributed by atoms with Gasteiger partial charge in [-0.15, -0.1) is 12.4 Å². The fraction of sp³-hybridized carbons (Fsp3) is 0.444. The molecule has 3 nitrogen and oxygen atoms in total. The first-order valence-corrected chi connectivity index (χ1v) is 4.26. The van der Waals surface area contributed by atoms with Crippen molar-refractivity contribution in [3.63, 3.8) is 0 Å². The molecular weight excluding hydrogens is 245 g/mol. The Morgan fingerprint density at radius 2 is 2.06 bits per heavy atom. The number of nitrogens with one attached hydrogen (secondary N) is 1. The van der Waals surface area contributed by atoms with Crippen LogP contribution in [0.5, 0.6) is 5.88 Å². The molecule has 0 radical (unpaired) electrons. The average Bonchev–Trinajstić information content (AvgIpc) is 2.14. The van der Waals surface area contributed by atoms with E-state index in [1.165, 1.54) is 12.3 Å². The Labute approximate surface area is 97.4 Å². The van der Waals surface area contributed by atoms with Crippen LogP contribution in [0.1, 0.15) is 5.56 Å². The topological polar surface area (TPSA) is 34.2 Å². The zero-order valence-corrected chi connectivity index (χ0v) is 9.58. The highest BCUT2D eigenvalue weighted by Gasteiger charge is 2.28. The SMILES string of the molecule is CNc1cnc(OCC(F)(F)F)cc1C.Cl. The van der Waals surface area contributed by atoms with Crippen molar-refractivity contribution in [2.45, 2.75) is 13.1 Å². The van der Waals surface area contributed by atoms with Crippen LogP contribution in [0.3, 0.4) is 0 Å². The summed E-state index contributed by atoms with van der Waals surface area (Å²) in [6.07, 6.45) is -2.90. The van der Waals surface area contributed by atoms with Gasteiger partial charge in [0.2, 0.25) is 5.88 Å².